The number of rotatable bonds is 6. The van der Waals surface area contributed by atoms with Crippen LogP contribution >= 0.6 is 7.41 Å². The van der Waals surface area contributed by atoms with Crippen LogP contribution in [0.5, 0.6) is 5.75 Å². The van der Waals surface area contributed by atoms with Crippen LogP contribution in [-0.2, 0) is 0 Å². The highest BCUT2D eigenvalue weighted by atomic mass is 31.2. The summed E-state index contributed by atoms with van der Waals surface area (Å²) in [7, 11) is -0.877. The Balaban J connectivity index is 1.94. The van der Waals surface area contributed by atoms with Gasteiger partial charge in [0.25, 0.3) is 5.91 Å². The SMILES string of the molecule is COc1ccccc1C(=O)N[P+](c1ccccc1)(c1ccccc1)c1ccccc1. The molecule has 4 rings (SSSR count). The van der Waals surface area contributed by atoms with Gasteiger partial charge >= 0.3 is 0 Å². The molecule has 0 radical (unpaired) electrons. The zero-order valence-corrected chi connectivity index (χ0v) is 17.6. The standard InChI is InChI=1S/C26H22NO2P/c1-29-25-20-12-11-19-24(25)26(28)27-30(21-13-5-2-6-14-21,22-15-7-3-8-16-22)23-17-9-4-10-18-23/h2-20H,1H3/p+1. The molecule has 0 saturated carbocycles. The van der Waals surface area contributed by atoms with Crippen LogP contribution in [0.1, 0.15) is 10.4 Å². The summed E-state index contributed by atoms with van der Waals surface area (Å²) in [6.07, 6.45) is 0. The number of ether oxygens (including phenoxy) is 1. The largest absolute Gasteiger partial charge is 0.496 e. The van der Waals surface area contributed by atoms with E-state index < -0.39 is 7.41 Å². The molecular formula is C26H23NO2P+. The lowest BCUT2D eigenvalue weighted by Crippen LogP contribution is -2.43. The molecule has 0 saturated heterocycles. The molecule has 0 aliphatic rings. The molecule has 148 valence electrons. The van der Waals surface area contributed by atoms with E-state index in [0.717, 1.165) is 15.9 Å². The maximum absolute atomic E-state index is 13.6. The van der Waals surface area contributed by atoms with Gasteiger partial charge in [0.15, 0.2) is 0 Å². The fraction of sp³-hybridized carbons (Fsp3) is 0.0385. The van der Waals surface area contributed by atoms with Crippen molar-refractivity contribution in [2.45, 2.75) is 0 Å². The number of hydrogen-bond donors (Lipinski definition) is 1. The van der Waals surface area contributed by atoms with Crippen molar-refractivity contribution >= 4 is 29.2 Å². The Bertz CT molecular complexity index is 1020. The zero-order chi connectivity index (χ0) is 20.8. The van der Waals surface area contributed by atoms with Crippen molar-refractivity contribution < 1.29 is 9.53 Å². The van der Waals surface area contributed by atoms with Crippen LogP contribution in [0, 0.1) is 0 Å². The van der Waals surface area contributed by atoms with Crippen molar-refractivity contribution in [1.29, 1.82) is 0 Å². The van der Waals surface area contributed by atoms with Crippen LogP contribution < -0.4 is 25.7 Å². The second-order valence-corrected chi connectivity index (χ2v) is 9.93. The minimum atomic E-state index is -2.46. The molecule has 0 spiro atoms. The third-order valence-electron chi connectivity index (χ3n) is 5.05. The lowest BCUT2D eigenvalue weighted by atomic mass is 10.2. The van der Waals surface area contributed by atoms with E-state index in [1.165, 1.54) is 0 Å². The summed E-state index contributed by atoms with van der Waals surface area (Å²) in [6, 6.07) is 38.0. The summed E-state index contributed by atoms with van der Waals surface area (Å²) >= 11 is 0. The molecule has 1 N–H and O–H groups in total. The summed E-state index contributed by atoms with van der Waals surface area (Å²) in [5.74, 6) is 0.402. The predicted molar refractivity (Wildman–Crippen MR) is 126 cm³/mol. The Labute approximate surface area is 177 Å². The number of para-hydroxylation sites is 1. The van der Waals surface area contributed by atoms with Crippen molar-refractivity contribution in [2.75, 3.05) is 7.11 Å². The number of methoxy groups -OCH3 is 1. The third-order valence-corrected chi connectivity index (χ3v) is 8.81. The molecule has 4 heteroatoms. The van der Waals surface area contributed by atoms with Gasteiger partial charge in [-0.15, -0.1) is 0 Å². The van der Waals surface area contributed by atoms with Gasteiger partial charge in [0, 0.05) is 0 Å². The van der Waals surface area contributed by atoms with Crippen LogP contribution in [0.15, 0.2) is 115 Å². The molecule has 4 aromatic carbocycles. The van der Waals surface area contributed by atoms with Gasteiger partial charge < -0.3 is 4.74 Å². The second kappa shape index (κ2) is 8.94. The molecule has 0 aliphatic heterocycles. The highest BCUT2D eigenvalue weighted by Crippen LogP contribution is 2.51. The topological polar surface area (TPSA) is 38.3 Å². The zero-order valence-electron chi connectivity index (χ0n) is 16.7. The van der Waals surface area contributed by atoms with Gasteiger partial charge in [-0.3, -0.25) is 4.79 Å². The Kier molecular flexibility index (Phi) is 5.92. The smallest absolute Gasteiger partial charge is 0.287 e. The Morgan fingerprint density at radius 3 is 1.47 bits per heavy atom. The van der Waals surface area contributed by atoms with E-state index in [1.807, 2.05) is 72.8 Å². The highest BCUT2D eigenvalue weighted by molar-refractivity contribution is 7.94. The minimum Gasteiger partial charge on any atom is -0.496 e. The van der Waals surface area contributed by atoms with Crippen LogP contribution in [0.3, 0.4) is 0 Å². The summed E-state index contributed by atoms with van der Waals surface area (Å²) in [5.41, 5.74) is 0.521. The van der Waals surface area contributed by atoms with Gasteiger partial charge in [-0.05, 0) is 48.5 Å². The van der Waals surface area contributed by atoms with E-state index in [1.54, 1.807) is 13.2 Å². The van der Waals surface area contributed by atoms with Crippen LogP contribution in [0.2, 0.25) is 0 Å². The van der Waals surface area contributed by atoms with Gasteiger partial charge in [-0.25, -0.2) is 5.09 Å². The Morgan fingerprint density at radius 1 is 0.633 bits per heavy atom. The quantitative estimate of drug-likeness (QED) is 0.479. The molecule has 0 fully saturated rings. The Morgan fingerprint density at radius 2 is 1.03 bits per heavy atom. The molecule has 4 aromatic rings. The molecule has 0 atom stereocenters. The van der Waals surface area contributed by atoms with Gasteiger partial charge in [0.2, 0.25) is 7.41 Å². The minimum absolute atomic E-state index is 0.155. The summed E-state index contributed by atoms with van der Waals surface area (Å²) in [4.78, 5) is 13.6. The van der Waals surface area contributed by atoms with Gasteiger partial charge in [0.05, 0.1) is 12.7 Å². The molecular weight excluding hydrogens is 389 g/mol. The van der Waals surface area contributed by atoms with Crippen molar-refractivity contribution in [2.24, 2.45) is 0 Å². The van der Waals surface area contributed by atoms with Crippen molar-refractivity contribution in [3.63, 3.8) is 0 Å². The molecule has 1 amide bonds. The summed E-state index contributed by atoms with van der Waals surface area (Å²) in [6.45, 7) is 0. The Hall–Kier alpha value is -3.42. The number of amides is 1. The van der Waals surface area contributed by atoms with Gasteiger partial charge in [0.1, 0.15) is 21.7 Å². The first kappa shape index (κ1) is 19.9. The maximum Gasteiger partial charge on any atom is 0.287 e. The number of carbonyl (C=O) groups is 1. The first-order valence-electron chi connectivity index (χ1n) is 9.77. The second-order valence-electron chi connectivity index (χ2n) is 6.82. The normalized spacial score (nSPS) is 11.0. The van der Waals surface area contributed by atoms with Crippen molar-refractivity contribution in [1.82, 2.24) is 5.09 Å². The van der Waals surface area contributed by atoms with E-state index in [4.69, 9.17) is 4.74 Å². The molecule has 30 heavy (non-hydrogen) atoms. The molecule has 0 aliphatic carbocycles. The van der Waals surface area contributed by atoms with E-state index in [9.17, 15) is 4.79 Å². The number of hydrogen-bond acceptors (Lipinski definition) is 2. The molecule has 3 nitrogen and oxygen atoms in total. The first-order chi connectivity index (χ1) is 14.8. The molecule has 0 unspecified atom stereocenters. The number of benzene rings is 4. The van der Waals surface area contributed by atoms with Crippen LogP contribution in [0.4, 0.5) is 0 Å². The van der Waals surface area contributed by atoms with Crippen LogP contribution in [-0.4, -0.2) is 13.0 Å². The van der Waals surface area contributed by atoms with E-state index in [2.05, 4.69) is 41.5 Å². The lowest BCUT2D eigenvalue weighted by molar-refractivity contribution is 0.0979. The number of carbonyl (C=O) groups excluding carboxylic acids is 1. The highest BCUT2D eigenvalue weighted by Gasteiger charge is 2.47. The first-order valence-corrected chi connectivity index (χ1v) is 11.6. The summed E-state index contributed by atoms with van der Waals surface area (Å²) in [5, 5.41) is 6.73. The number of nitrogens with one attached hydrogen (secondary N) is 1. The third kappa shape index (κ3) is 3.72. The van der Waals surface area contributed by atoms with E-state index >= 15 is 0 Å². The van der Waals surface area contributed by atoms with Crippen molar-refractivity contribution in [3.8, 4) is 5.75 Å². The molecule has 0 aromatic heterocycles. The molecule has 0 bridgehead atoms. The average molecular weight is 412 g/mol. The van der Waals surface area contributed by atoms with Crippen molar-refractivity contribution in [3.05, 3.63) is 121 Å². The average Bonchev–Trinajstić information content (AvgIpc) is 2.84. The van der Waals surface area contributed by atoms with Crippen LogP contribution in [0.25, 0.3) is 0 Å². The fourth-order valence-corrected chi connectivity index (χ4v) is 7.21. The fourth-order valence-electron chi connectivity index (χ4n) is 3.64. The predicted octanol–water partition coefficient (Wildman–Crippen LogP) is 4.33. The van der Waals surface area contributed by atoms with E-state index in [0.29, 0.717) is 11.3 Å². The van der Waals surface area contributed by atoms with E-state index in [-0.39, 0.29) is 5.91 Å². The van der Waals surface area contributed by atoms with Gasteiger partial charge in [-0.1, -0.05) is 66.7 Å². The maximum atomic E-state index is 13.6. The molecule has 0 heterocycles. The summed E-state index contributed by atoms with van der Waals surface area (Å²) < 4.78 is 5.45. The lowest BCUT2D eigenvalue weighted by Gasteiger charge is -2.27. The monoisotopic (exact) mass is 412 g/mol. The van der Waals surface area contributed by atoms with Gasteiger partial charge in [-0.2, -0.15) is 0 Å².